The largest absolute Gasteiger partial charge is 0.494 e. The van der Waals surface area contributed by atoms with E-state index in [9.17, 15) is 5.11 Å². The molecular weight excluding hydrogens is 200 g/mol. The Balaban J connectivity index is 2.73. The molecule has 0 heterocycles. The molecule has 0 saturated heterocycles. The third-order valence-electron chi connectivity index (χ3n) is 2.86. The fraction of sp³-hybridized carbons (Fsp3) is 0.571. The van der Waals surface area contributed by atoms with Gasteiger partial charge >= 0.3 is 0 Å². The molecule has 2 atom stereocenters. The quantitative estimate of drug-likeness (QED) is 0.797. The Kier molecular flexibility index (Phi) is 5.33. The summed E-state index contributed by atoms with van der Waals surface area (Å²) >= 11 is 0. The molecule has 0 spiro atoms. The first-order chi connectivity index (χ1) is 7.69. The zero-order valence-electron chi connectivity index (χ0n) is 10.4. The smallest absolute Gasteiger partial charge is 0.119 e. The van der Waals surface area contributed by atoms with Crippen LogP contribution in [0.5, 0.6) is 5.75 Å². The van der Waals surface area contributed by atoms with Crippen LogP contribution in [0.2, 0.25) is 0 Å². The highest BCUT2D eigenvalue weighted by Crippen LogP contribution is 2.26. The second-order valence-corrected chi connectivity index (χ2v) is 4.25. The summed E-state index contributed by atoms with van der Waals surface area (Å²) in [7, 11) is 0. The molecule has 0 bridgehead atoms. The van der Waals surface area contributed by atoms with Crippen LogP contribution >= 0.6 is 0 Å². The van der Waals surface area contributed by atoms with Crippen molar-refractivity contribution in [3.05, 3.63) is 29.8 Å². The maximum Gasteiger partial charge on any atom is 0.119 e. The van der Waals surface area contributed by atoms with Gasteiger partial charge < -0.3 is 9.84 Å². The van der Waals surface area contributed by atoms with E-state index in [0.29, 0.717) is 0 Å². The van der Waals surface area contributed by atoms with E-state index >= 15 is 0 Å². The number of ether oxygens (including phenoxy) is 1. The highest BCUT2D eigenvalue weighted by Gasteiger charge is 2.14. The van der Waals surface area contributed by atoms with Crippen molar-refractivity contribution < 1.29 is 9.84 Å². The first-order valence-corrected chi connectivity index (χ1v) is 6.09. The normalized spacial score (nSPS) is 14.5. The minimum atomic E-state index is -0.393. The summed E-state index contributed by atoms with van der Waals surface area (Å²) in [6.45, 7) is 6.95. The highest BCUT2D eigenvalue weighted by molar-refractivity contribution is 5.30. The molecule has 0 radical (unpaired) electrons. The van der Waals surface area contributed by atoms with Crippen molar-refractivity contribution in [1.29, 1.82) is 0 Å². The van der Waals surface area contributed by atoms with E-state index < -0.39 is 6.10 Å². The Labute approximate surface area is 98.3 Å². The average Bonchev–Trinajstić information content (AvgIpc) is 2.34. The second-order valence-electron chi connectivity index (χ2n) is 4.25. The maximum absolute atomic E-state index is 10.1. The first kappa shape index (κ1) is 13.0. The van der Waals surface area contributed by atoms with Crippen LogP contribution in [-0.2, 0) is 0 Å². The summed E-state index contributed by atoms with van der Waals surface area (Å²) in [5.74, 6) is 1.13. The summed E-state index contributed by atoms with van der Waals surface area (Å²) in [5, 5.41) is 10.1. The molecule has 0 aliphatic rings. The minimum absolute atomic E-state index is 0.279. The van der Waals surface area contributed by atoms with Crippen molar-refractivity contribution in [2.75, 3.05) is 6.61 Å². The molecule has 1 aromatic carbocycles. The van der Waals surface area contributed by atoms with Crippen molar-refractivity contribution in [3.63, 3.8) is 0 Å². The Bertz CT molecular complexity index is 309. The van der Waals surface area contributed by atoms with E-state index in [4.69, 9.17) is 4.74 Å². The van der Waals surface area contributed by atoms with Gasteiger partial charge in [-0.05, 0) is 30.0 Å². The zero-order chi connectivity index (χ0) is 12.0. The standard InChI is InChI=1S/C14H22O2/c1-4-9-16-13-8-6-7-12(10-13)14(15)11(3)5-2/h6-8,10-11,14-15H,4-5,9H2,1-3H3. The average molecular weight is 222 g/mol. The van der Waals surface area contributed by atoms with Crippen molar-refractivity contribution >= 4 is 0 Å². The zero-order valence-corrected chi connectivity index (χ0v) is 10.4. The summed E-state index contributed by atoms with van der Waals surface area (Å²) in [5.41, 5.74) is 0.947. The van der Waals surface area contributed by atoms with Crippen LogP contribution in [0.25, 0.3) is 0 Å². The molecular formula is C14H22O2. The van der Waals surface area contributed by atoms with E-state index in [1.54, 1.807) is 0 Å². The van der Waals surface area contributed by atoms with Crippen LogP contribution in [-0.4, -0.2) is 11.7 Å². The molecule has 90 valence electrons. The number of hydrogen-bond acceptors (Lipinski definition) is 2. The van der Waals surface area contributed by atoms with Gasteiger partial charge in [-0.25, -0.2) is 0 Å². The third kappa shape index (κ3) is 3.53. The maximum atomic E-state index is 10.1. The Morgan fingerprint density at radius 3 is 2.69 bits per heavy atom. The van der Waals surface area contributed by atoms with Gasteiger partial charge in [0, 0.05) is 0 Å². The van der Waals surface area contributed by atoms with Gasteiger partial charge in [0.25, 0.3) is 0 Å². The molecule has 2 nitrogen and oxygen atoms in total. The molecule has 0 saturated carbocycles. The molecule has 0 amide bonds. The van der Waals surface area contributed by atoms with Crippen LogP contribution in [0.1, 0.15) is 45.3 Å². The van der Waals surface area contributed by atoms with Crippen molar-refractivity contribution in [1.82, 2.24) is 0 Å². The predicted octanol–water partition coefficient (Wildman–Crippen LogP) is 3.55. The van der Waals surface area contributed by atoms with Gasteiger partial charge in [-0.1, -0.05) is 39.3 Å². The van der Waals surface area contributed by atoms with Gasteiger partial charge in [-0.15, -0.1) is 0 Å². The number of rotatable bonds is 6. The number of aliphatic hydroxyl groups is 1. The molecule has 0 aliphatic heterocycles. The van der Waals surface area contributed by atoms with Gasteiger partial charge in [-0.2, -0.15) is 0 Å². The lowest BCUT2D eigenvalue weighted by Crippen LogP contribution is -2.08. The van der Waals surface area contributed by atoms with E-state index in [2.05, 4.69) is 20.8 Å². The topological polar surface area (TPSA) is 29.5 Å². The van der Waals surface area contributed by atoms with Crippen LogP contribution < -0.4 is 4.74 Å². The molecule has 0 fully saturated rings. The van der Waals surface area contributed by atoms with Crippen molar-refractivity contribution in [2.45, 2.75) is 39.7 Å². The molecule has 16 heavy (non-hydrogen) atoms. The monoisotopic (exact) mass is 222 g/mol. The van der Waals surface area contributed by atoms with E-state index in [0.717, 1.165) is 30.8 Å². The number of benzene rings is 1. The van der Waals surface area contributed by atoms with Crippen molar-refractivity contribution in [2.24, 2.45) is 5.92 Å². The molecule has 2 unspecified atom stereocenters. The molecule has 2 heteroatoms. The number of hydrogen-bond donors (Lipinski definition) is 1. The van der Waals surface area contributed by atoms with Crippen LogP contribution in [0.3, 0.4) is 0 Å². The summed E-state index contributed by atoms with van der Waals surface area (Å²) in [6, 6.07) is 7.76. The SMILES string of the molecule is CCCOc1cccc(C(O)C(C)CC)c1. The lowest BCUT2D eigenvalue weighted by Gasteiger charge is -2.18. The van der Waals surface area contributed by atoms with Gasteiger partial charge in [0.2, 0.25) is 0 Å². The number of aliphatic hydroxyl groups excluding tert-OH is 1. The summed E-state index contributed by atoms with van der Waals surface area (Å²) in [6.07, 6.45) is 1.58. The molecule has 0 aliphatic carbocycles. The second kappa shape index (κ2) is 6.54. The first-order valence-electron chi connectivity index (χ1n) is 6.09. The summed E-state index contributed by atoms with van der Waals surface area (Å²) < 4.78 is 5.55. The van der Waals surface area contributed by atoms with E-state index in [1.807, 2.05) is 24.3 Å². The minimum Gasteiger partial charge on any atom is -0.494 e. The Morgan fingerprint density at radius 2 is 2.06 bits per heavy atom. The Hall–Kier alpha value is -1.02. The van der Waals surface area contributed by atoms with Crippen molar-refractivity contribution in [3.8, 4) is 5.75 Å². The van der Waals surface area contributed by atoms with E-state index in [1.165, 1.54) is 0 Å². The van der Waals surface area contributed by atoms with Gasteiger partial charge in [-0.3, -0.25) is 0 Å². The van der Waals surface area contributed by atoms with Gasteiger partial charge in [0.1, 0.15) is 5.75 Å². The fourth-order valence-corrected chi connectivity index (χ4v) is 1.56. The van der Waals surface area contributed by atoms with Gasteiger partial charge in [0.15, 0.2) is 0 Å². The molecule has 1 rings (SSSR count). The van der Waals surface area contributed by atoms with Crippen LogP contribution in [0.15, 0.2) is 24.3 Å². The van der Waals surface area contributed by atoms with Crippen LogP contribution in [0, 0.1) is 5.92 Å². The fourth-order valence-electron chi connectivity index (χ4n) is 1.56. The Morgan fingerprint density at radius 1 is 1.31 bits per heavy atom. The lowest BCUT2D eigenvalue weighted by molar-refractivity contribution is 0.115. The van der Waals surface area contributed by atoms with Crippen LogP contribution in [0.4, 0.5) is 0 Å². The molecule has 1 N–H and O–H groups in total. The summed E-state index contributed by atoms with van der Waals surface area (Å²) in [4.78, 5) is 0. The van der Waals surface area contributed by atoms with E-state index in [-0.39, 0.29) is 5.92 Å². The highest BCUT2D eigenvalue weighted by atomic mass is 16.5. The molecule has 0 aromatic heterocycles. The molecule has 1 aromatic rings. The predicted molar refractivity (Wildman–Crippen MR) is 66.6 cm³/mol. The third-order valence-corrected chi connectivity index (χ3v) is 2.86. The lowest BCUT2D eigenvalue weighted by atomic mass is 9.95. The van der Waals surface area contributed by atoms with Gasteiger partial charge in [0.05, 0.1) is 12.7 Å².